The van der Waals surface area contributed by atoms with Crippen LogP contribution in [0, 0.1) is 0 Å². The summed E-state index contributed by atoms with van der Waals surface area (Å²) in [5, 5.41) is 5.29. The van der Waals surface area contributed by atoms with Crippen LogP contribution in [0.5, 0.6) is 0 Å². The monoisotopic (exact) mass is 572 g/mol. The predicted molar refractivity (Wildman–Crippen MR) is 138 cm³/mol. The van der Waals surface area contributed by atoms with E-state index in [2.05, 4.69) is 103 Å². The first kappa shape index (κ1) is 28.0. The molecule has 0 atom stereocenters. The van der Waals surface area contributed by atoms with Gasteiger partial charge in [-0.2, -0.15) is 18.2 Å². The van der Waals surface area contributed by atoms with Crippen LogP contribution in [0.4, 0.5) is 0 Å². The second-order valence-corrected chi connectivity index (χ2v) is 7.38. The summed E-state index contributed by atoms with van der Waals surface area (Å²) in [6.07, 6.45) is 0. The summed E-state index contributed by atoms with van der Waals surface area (Å²) in [7, 11) is 0. The number of benzene rings is 4. The van der Waals surface area contributed by atoms with E-state index in [0.717, 1.165) is 0 Å². The largest absolute Gasteiger partial charge is 0.214 e. The minimum atomic E-state index is 0. The van der Waals surface area contributed by atoms with E-state index in [1.807, 2.05) is 37.2 Å². The van der Waals surface area contributed by atoms with Gasteiger partial charge in [0.15, 0.2) is 0 Å². The average molecular weight is 575 g/mol. The number of hydrogen-bond donors (Lipinski definition) is 0. The molecule has 0 radical (unpaired) electrons. The summed E-state index contributed by atoms with van der Waals surface area (Å²) in [6.45, 7) is 1.95. The molecular formula is C30H24Cl2SiZr-2. The molecule has 0 amide bonds. The third-order valence-corrected chi connectivity index (χ3v) is 5.50. The Labute approximate surface area is 230 Å². The molecule has 0 aliphatic rings. The van der Waals surface area contributed by atoms with Crippen molar-refractivity contribution in [1.29, 1.82) is 0 Å². The number of halogens is 2. The second kappa shape index (κ2) is 14.2. The van der Waals surface area contributed by atoms with E-state index in [4.69, 9.17) is 0 Å². The van der Waals surface area contributed by atoms with Gasteiger partial charge in [-0.1, -0.05) is 102 Å². The van der Waals surface area contributed by atoms with Crippen LogP contribution in [0.25, 0.3) is 43.8 Å². The van der Waals surface area contributed by atoms with E-state index in [1.54, 1.807) is 23.3 Å². The van der Waals surface area contributed by atoms with Gasteiger partial charge in [-0.3, -0.25) is 0 Å². The SMILES string of the molecule is [Cl-].[Cl-].[SiH2]=[Zr+2].c1cc[cH-]c1.c1ccc(-c2ccc3c([cH-]c4ccccc43)c2-c2ccccc2)cc1. The van der Waals surface area contributed by atoms with E-state index in [9.17, 15) is 0 Å². The van der Waals surface area contributed by atoms with Crippen molar-refractivity contribution in [2.24, 2.45) is 0 Å². The first-order valence-electron chi connectivity index (χ1n) is 10.7. The molecule has 6 rings (SSSR count). The van der Waals surface area contributed by atoms with Gasteiger partial charge in [0.1, 0.15) is 0 Å². The summed E-state index contributed by atoms with van der Waals surface area (Å²) in [4.78, 5) is 0. The summed E-state index contributed by atoms with van der Waals surface area (Å²) >= 11 is 1.58. The molecule has 0 aromatic heterocycles. The van der Waals surface area contributed by atoms with Crippen molar-refractivity contribution in [3.05, 3.63) is 133 Å². The molecule has 0 spiro atoms. The standard InChI is InChI=1S/C25H17.C5H5.2ClH.H2Si.Zr/c1-3-9-18(10-4-1)22-15-16-23-21-14-8-7-13-20(21)17-24(23)25(22)19-11-5-2-6-12-19;1-2-4-5-3-1;;;;/h1-17H;1-5H;2*1H;1H2;/q2*-1;;;;+2/p-2. The van der Waals surface area contributed by atoms with Gasteiger partial charge in [0, 0.05) is 0 Å². The number of rotatable bonds is 2. The van der Waals surface area contributed by atoms with Gasteiger partial charge in [0.05, 0.1) is 0 Å². The van der Waals surface area contributed by atoms with Gasteiger partial charge < -0.3 is 24.8 Å². The second-order valence-electron chi connectivity index (χ2n) is 7.38. The molecule has 0 heterocycles. The van der Waals surface area contributed by atoms with Gasteiger partial charge >= 0.3 is 30.2 Å². The summed E-state index contributed by atoms with van der Waals surface area (Å²) in [6, 6.07) is 46.9. The number of fused-ring (bicyclic) bond motifs is 3. The average Bonchev–Trinajstić information content (AvgIpc) is 3.58. The third kappa shape index (κ3) is 6.26. The molecule has 0 saturated carbocycles. The third-order valence-electron chi connectivity index (χ3n) is 5.50. The zero-order valence-electron chi connectivity index (χ0n) is 18.7. The fraction of sp³-hybridized carbons (Fsp3) is 0. The van der Waals surface area contributed by atoms with Crippen molar-refractivity contribution in [3.63, 3.8) is 0 Å². The zero-order valence-corrected chi connectivity index (χ0v) is 24.0. The Kier molecular flexibility index (Phi) is 11.7. The minimum absolute atomic E-state index is 0. The maximum Gasteiger partial charge on any atom is -0.0253 e. The summed E-state index contributed by atoms with van der Waals surface area (Å²) in [5.74, 6) is 0. The Hall–Kier alpha value is -2.22. The molecule has 0 saturated heterocycles. The number of hydrogen-bond acceptors (Lipinski definition) is 0. The Morgan fingerprint density at radius 1 is 0.529 bits per heavy atom. The normalized spacial score (nSPS) is 9.59. The Bertz CT molecular complexity index is 1370. The molecule has 0 nitrogen and oxygen atoms in total. The Morgan fingerprint density at radius 2 is 1.09 bits per heavy atom. The molecule has 6 aromatic carbocycles. The van der Waals surface area contributed by atoms with E-state index < -0.39 is 0 Å². The van der Waals surface area contributed by atoms with Crippen LogP contribution in [-0.4, -0.2) is 6.88 Å². The van der Waals surface area contributed by atoms with Crippen LogP contribution in [0.15, 0.2) is 133 Å². The first-order valence-corrected chi connectivity index (χ1v) is 16.6. The predicted octanol–water partition coefficient (Wildman–Crippen LogP) is 1.54. The van der Waals surface area contributed by atoms with Crippen LogP contribution < -0.4 is 24.8 Å². The Balaban J connectivity index is 0.000000400. The summed E-state index contributed by atoms with van der Waals surface area (Å²) in [5.41, 5.74) is 5.13. The van der Waals surface area contributed by atoms with Crippen molar-refractivity contribution >= 4 is 28.4 Å². The maximum absolute atomic E-state index is 2.33. The van der Waals surface area contributed by atoms with Crippen LogP contribution in [0.1, 0.15) is 0 Å². The van der Waals surface area contributed by atoms with Gasteiger partial charge in [0.25, 0.3) is 0 Å². The molecule has 0 aliphatic heterocycles. The molecule has 0 unspecified atom stereocenters. The van der Waals surface area contributed by atoms with Crippen LogP contribution in [0.2, 0.25) is 0 Å². The summed E-state index contributed by atoms with van der Waals surface area (Å²) < 4.78 is 0. The van der Waals surface area contributed by atoms with E-state index in [1.165, 1.54) is 43.8 Å². The van der Waals surface area contributed by atoms with Gasteiger partial charge in [-0.25, -0.2) is 12.1 Å². The molecule has 0 bridgehead atoms. The molecule has 6 aromatic rings. The molecule has 0 fully saturated rings. The minimum Gasteiger partial charge on any atom is -0.214 e. The van der Waals surface area contributed by atoms with Crippen LogP contribution >= 0.6 is 0 Å². The maximum atomic E-state index is 2.33. The molecule has 34 heavy (non-hydrogen) atoms. The molecule has 0 N–H and O–H groups in total. The quantitative estimate of drug-likeness (QED) is 0.218. The van der Waals surface area contributed by atoms with Gasteiger partial charge in [-0.05, 0) is 11.1 Å². The van der Waals surface area contributed by atoms with Gasteiger partial charge in [-0.15, -0.1) is 33.7 Å². The zero-order chi connectivity index (χ0) is 22.2. The fourth-order valence-electron chi connectivity index (χ4n) is 4.12. The van der Waals surface area contributed by atoms with Crippen molar-refractivity contribution in [2.45, 2.75) is 0 Å². The van der Waals surface area contributed by atoms with Crippen molar-refractivity contribution in [3.8, 4) is 22.3 Å². The van der Waals surface area contributed by atoms with E-state index in [-0.39, 0.29) is 24.8 Å². The molecular weight excluding hydrogens is 551 g/mol. The van der Waals surface area contributed by atoms with Crippen LogP contribution in [0.3, 0.4) is 0 Å². The van der Waals surface area contributed by atoms with Crippen molar-refractivity contribution in [2.75, 3.05) is 0 Å². The van der Waals surface area contributed by atoms with Crippen molar-refractivity contribution in [1.82, 2.24) is 0 Å². The molecule has 0 aliphatic carbocycles. The van der Waals surface area contributed by atoms with E-state index in [0.29, 0.717) is 0 Å². The Morgan fingerprint density at radius 3 is 1.68 bits per heavy atom. The smallest absolute Gasteiger partial charge is 0.0253 e. The molecule has 4 heteroatoms. The van der Waals surface area contributed by atoms with Crippen LogP contribution in [-0.2, 0) is 23.3 Å². The first-order chi connectivity index (χ1) is 15.9. The molecule has 168 valence electrons. The van der Waals surface area contributed by atoms with Crippen molar-refractivity contribution < 1.29 is 48.1 Å². The fourth-order valence-corrected chi connectivity index (χ4v) is 4.12. The van der Waals surface area contributed by atoms with E-state index >= 15 is 0 Å². The van der Waals surface area contributed by atoms with Gasteiger partial charge in [0.2, 0.25) is 0 Å². The topological polar surface area (TPSA) is 0 Å².